The second-order valence-electron chi connectivity index (χ2n) is 2.99. The van der Waals surface area contributed by atoms with Gasteiger partial charge in [-0.3, -0.25) is 14.7 Å². The summed E-state index contributed by atoms with van der Waals surface area (Å²) in [5, 5.41) is 17.3. The van der Waals surface area contributed by atoms with Gasteiger partial charge >= 0.3 is 5.97 Å². The third-order valence-corrected chi connectivity index (χ3v) is 1.72. The molecule has 0 spiro atoms. The van der Waals surface area contributed by atoms with Crippen molar-refractivity contribution in [2.75, 3.05) is 5.32 Å². The van der Waals surface area contributed by atoms with Crippen LogP contribution in [0.25, 0.3) is 0 Å². The zero-order valence-electron chi connectivity index (χ0n) is 7.87. The van der Waals surface area contributed by atoms with E-state index in [1.54, 1.807) is 13.0 Å². The molecule has 1 unspecified atom stereocenters. The van der Waals surface area contributed by atoms with Crippen LogP contribution in [0.4, 0.5) is 5.82 Å². The Kier molecular flexibility index (Phi) is 2.85. The van der Waals surface area contributed by atoms with Crippen LogP contribution >= 0.6 is 0 Å². The number of anilines is 1. The summed E-state index contributed by atoms with van der Waals surface area (Å²) in [5.74, 6) is -2.48. The number of carbonyl (C=O) groups excluding carboxylic acids is 1. The molecule has 6 nitrogen and oxygen atoms in total. The summed E-state index contributed by atoms with van der Waals surface area (Å²) >= 11 is 0. The molecule has 1 aromatic heterocycles. The maximum absolute atomic E-state index is 11.2. The van der Waals surface area contributed by atoms with E-state index < -0.39 is 17.8 Å². The molecule has 6 heteroatoms. The van der Waals surface area contributed by atoms with E-state index in [-0.39, 0.29) is 0 Å². The molecule has 0 aromatic carbocycles. The average molecular weight is 197 g/mol. The van der Waals surface area contributed by atoms with Crippen molar-refractivity contribution in [1.82, 2.24) is 10.2 Å². The molecule has 0 radical (unpaired) electrons. The number of rotatable bonds is 3. The van der Waals surface area contributed by atoms with Crippen LogP contribution in [0.15, 0.2) is 6.07 Å². The van der Waals surface area contributed by atoms with E-state index in [9.17, 15) is 9.59 Å². The van der Waals surface area contributed by atoms with E-state index in [0.717, 1.165) is 5.69 Å². The van der Waals surface area contributed by atoms with Crippen LogP contribution in [-0.4, -0.2) is 27.2 Å². The number of nitrogens with one attached hydrogen (secondary N) is 2. The highest BCUT2D eigenvalue weighted by molar-refractivity contribution is 6.03. The molecule has 1 heterocycles. The summed E-state index contributed by atoms with van der Waals surface area (Å²) in [5.41, 5.74) is 0.795. The smallest absolute Gasteiger partial charge is 0.315 e. The standard InChI is InChI=1S/C8H11N3O3/c1-4-3-6(11-10-4)9-7(12)5(2)8(13)14/h3,5H,1-2H3,(H,13,14)(H2,9,10,11,12). The second-order valence-corrected chi connectivity index (χ2v) is 2.99. The first kappa shape index (κ1) is 10.2. The lowest BCUT2D eigenvalue weighted by Gasteiger charge is -2.04. The van der Waals surface area contributed by atoms with Gasteiger partial charge in [0, 0.05) is 11.8 Å². The molecule has 1 aromatic rings. The zero-order chi connectivity index (χ0) is 10.7. The monoisotopic (exact) mass is 197 g/mol. The molecule has 0 fully saturated rings. The number of nitrogens with zero attached hydrogens (tertiary/aromatic N) is 1. The van der Waals surface area contributed by atoms with Crippen molar-refractivity contribution < 1.29 is 14.7 Å². The Balaban J connectivity index is 2.61. The molecule has 0 saturated heterocycles. The van der Waals surface area contributed by atoms with Crippen LogP contribution in [0.3, 0.4) is 0 Å². The Bertz CT molecular complexity index is 358. The van der Waals surface area contributed by atoms with Crippen molar-refractivity contribution in [3.63, 3.8) is 0 Å². The van der Waals surface area contributed by atoms with Gasteiger partial charge in [-0.05, 0) is 13.8 Å². The lowest BCUT2D eigenvalue weighted by Crippen LogP contribution is -2.26. The lowest BCUT2D eigenvalue weighted by atomic mass is 10.2. The molecular weight excluding hydrogens is 186 g/mol. The molecule has 1 amide bonds. The summed E-state index contributed by atoms with van der Waals surface area (Å²) in [7, 11) is 0. The first-order valence-corrected chi connectivity index (χ1v) is 4.06. The van der Waals surface area contributed by atoms with Gasteiger partial charge in [-0.15, -0.1) is 0 Å². The summed E-state index contributed by atoms with van der Waals surface area (Å²) < 4.78 is 0. The first-order chi connectivity index (χ1) is 6.50. The molecule has 14 heavy (non-hydrogen) atoms. The molecule has 3 N–H and O–H groups in total. The third kappa shape index (κ3) is 2.32. The van der Waals surface area contributed by atoms with Gasteiger partial charge in [0.25, 0.3) is 0 Å². The van der Waals surface area contributed by atoms with E-state index in [1.807, 2.05) is 0 Å². The molecule has 0 bridgehead atoms. The maximum Gasteiger partial charge on any atom is 0.315 e. The van der Waals surface area contributed by atoms with Crippen LogP contribution in [-0.2, 0) is 9.59 Å². The van der Waals surface area contributed by atoms with Crippen LogP contribution < -0.4 is 5.32 Å². The van der Waals surface area contributed by atoms with Crippen LogP contribution in [0.1, 0.15) is 12.6 Å². The van der Waals surface area contributed by atoms with E-state index in [0.29, 0.717) is 5.82 Å². The zero-order valence-corrected chi connectivity index (χ0v) is 7.87. The van der Waals surface area contributed by atoms with Crippen LogP contribution in [0, 0.1) is 12.8 Å². The molecule has 0 saturated carbocycles. The predicted octanol–water partition coefficient (Wildman–Crippen LogP) is 0.377. The third-order valence-electron chi connectivity index (χ3n) is 1.72. The van der Waals surface area contributed by atoms with Crippen molar-refractivity contribution in [2.45, 2.75) is 13.8 Å². The van der Waals surface area contributed by atoms with E-state index in [4.69, 9.17) is 5.11 Å². The lowest BCUT2D eigenvalue weighted by molar-refractivity contribution is -0.144. The van der Waals surface area contributed by atoms with Gasteiger partial charge in [-0.25, -0.2) is 0 Å². The number of aliphatic carboxylic acids is 1. The number of hydrogen-bond acceptors (Lipinski definition) is 3. The Morgan fingerprint density at radius 2 is 2.29 bits per heavy atom. The number of aryl methyl sites for hydroxylation is 1. The van der Waals surface area contributed by atoms with Crippen molar-refractivity contribution >= 4 is 17.7 Å². The van der Waals surface area contributed by atoms with Crippen molar-refractivity contribution in [3.8, 4) is 0 Å². The number of H-pyrrole nitrogens is 1. The minimum Gasteiger partial charge on any atom is -0.481 e. The quantitative estimate of drug-likeness (QED) is 0.610. The topological polar surface area (TPSA) is 95.1 Å². The van der Waals surface area contributed by atoms with Crippen LogP contribution in [0.5, 0.6) is 0 Å². The normalized spacial score (nSPS) is 12.1. The molecule has 0 aliphatic carbocycles. The molecule has 0 aliphatic rings. The molecular formula is C8H11N3O3. The average Bonchev–Trinajstić information content (AvgIpc) is 2.49. The minimum atomic E-state index is -1.16. The van der Waals surface area contributed by atoms with Gasteiger partial charge in [-0.2, -0.15) is 5.10 Å². The number of carbonyl (C=O) groups is 2. The Morgan fingerprint density at radius 3 is 2.71 bits per heavy atom. The van der Waals surface area contributed by atoms with Crippen LogP contribution in [0.2, 0.25) is 0 Å². The summed E-state index contributed by atoms with van der Waals surface area (Å²) in [4.78, 5) is 21.7. The van der Waals surface area contributed by atoms with Gasteiger partial charge in [0.2, 0.25) is 5.91 Å². The Hall–Kier alpha value is -1.85. The highest BCUT2D eigenvalue weighted by Gasteiger charge is 2.20. The number of aromatic amines is 1. The minimum absolute atomic E-state index is 0.334. The molecule has 76 valence electrons. The van der Waals surface area contributed by atoms with Gasteiger partial charge in [0.1, 0.15) is 5.92 Å². The van der Waals surface area contributed by atoms with Crippen molar-refractivity contribution in [3.05, 3.63) is 11.8 Å². The highest BCUT2D eigenvalue weighted by Crippen LogP contribution is 2.06. The Morgan fingerprint density at radius 1 is 1.64 bits per heavy atom. The van der Waals surface area contributed by atoms with Gasteiger partial charge in [-0.1, -0.05) is 0 Å². The van der Waals surface area contributed by atoms with E-state index in [1.165, 1.54) is 6.92 Å². The summed E-state index contributed by atoms with van der Waals surface area (Å²) in [6.07, 6.45) is 0. The van der Waals surface area contributed by atoms with Crippen molar-refractivity contribution in [1.29, 1.82) is 0 Å². The van der Waals surface area contributed by atoms with Gasteiger partial charge in [0.15, 0.2) is 5.82 Å². The highest BCUT2D eigenvalue weighted by atomic mass is 16.4. The molecule has 1 atom stereocenters. The number of carboxylic acid groups (broad SMARTS) is 1. The fraction of sp³-hybridized carbons (Fsp3) is 0.375. The number of aromatic nitrogens is 2. The number of carboxylic acids is 1. The van der Waals surface area contributed by atoms with E-state index in [2.05, 4.69) is 15.5 Å². The fourth-order valence-electron chi connectivity index (χ4n) is 0.829. The maximum atomic E-state index is 11.2. The Labute approximate surface area is 80.3 Å². The molecule has 0 aliphatic heterocycles. The number of hydrogen-bond donors (Lipinski definition) is 3. The van der Waals surface area contributed by atoms with E-state index >= 15 is 0 Å². The van der Waals surface area contributed by atoms with Gasteiger partial charge in [0.05, 0.1) is 0 Å². The summed E-state index contributed by atoms with van der Waals surface area (Å²) in [6.45, 7) is 3.10. The summed E-state index contributed by atoms with van der Waals surface area (Å²) in [6, 6.07) is 1.62. The predicted molar refractivity (Wildman–Crippen MR) is 48.8 cm³/mol. The largest absolute Gasteiger partial charge is 0.481 e. The second kappa shape index (κ2) is 3.91. The number of amides is 1. The van der Waals surface area contributed by atoms with Crippen molar-refractivity contribution in [2.24, 2.45) is 5.92 Å². The molecule has 1 rings (SSSR count). The fourth-order valence-corrected chi connectivity index (χ4v) is 0.829. The van der Waals surface area contributed by atoms with Gasteiger partial charge < -0.3 is 10.4 Å². The SMILES string of the molecule is Cc1cc(NC(=O)C(C)C(=O)O)n[nH]1. The first-order valence-electron chi connectivity index (χ1n) is 4.06.